The van der Waals surface area contributed by atoms with Crippen LogP contribution in [0.15, 0.2) is 42.5 Å². The fourth-order valence-corrected chi connectivity index (χ4v) is 2.26. The average molecular weight is 392 g/mol. The SMILES string of the molecule is CC(C)(C)OC(=O)Nc1ccc(NC(=O)c2cc([N+](=O)[O-])ccc2Cl)cc1. The molecule has 0 aliphatic rings. The highest BCUT2D eigenvalue weighted by molar-refractivity contribution is 6.34. The minimum absolute atomic E-state index is 0.0122. The Morgan fingerprint density at radius 1 is 1.04 bits per heavy atom. The van der Waals surface area contributed by atoms with Gasteiger partial charge in [-0.3, -0.25) is 20.2 Å². The van der Waals surface area contributed by atoms with Crippen LogP contribution < -0.4 is 10.6 Å². The fourth-order valence-electron chi connectivity index (χ4n) is 2.06. The second-order valence-corrected chi connectivity index (χ2v) is 6.99. The van der Waals surface area contributed by atoms with Crippen molar-refractivity contribution in [2.75, 3.05) is 10.6 Å². The summed E-state index contributed by atoms with van der Waals surface area (Å²) in [5.41, 5.74) is 0.0477. The number of nitro groups is 1. The highest BCUT2D eigenvalue weighted by Gasteiger charge is 2.17. The maximum absolute atomic E-state index is 12.3. The van der Waals surface area contributed by atoms with Gasteiger partial charge in [0.1, 0.15) is 5.60 Å². The van der Waals surface area contributed by atoms with Gasteiger partial charge in [-0.1, -0.05) is 11.6 Å². The van der Waals surface area contributed by atoms with Crippen molar-refractivity contribution in [2.24, 2.45) is 0 Å². The van der Waals surface area contributed by atoms with Crippen molar-refractivity contribution >= 4 is 40.7 Å². The summed E-state index contributed by atoms with van der Waals surface area (Å²) >= 11 is 5.95. The van der Waals surface area contributed by atoms with E-state index in [1.165, 1.54) is 12.1 Å². The second kappa shape index (κ2) is 8.05. The lowest BCUT2D eigenvalue weighted by atomic mass is 10.1. The van der Waals surface area contributed by atoms with Crippen LogP contribution >= 0.6 is 11.6 Å². The molecule has 0 aromatic heterocycles. The molecule has 2 N–H and O–H groups in total. The first kappa shape index (κ1) is 20.2. The van der Waals surface area contributed by atoms with Crippen LogP contribution in [0.2, 0.25) is 5.02 Å². The first-order chi connectivity index (χ1) is 12.5. The van der Waals surface area contributed by atoms with Crippen molar-refractivity contribution in [2.45, 2.75) is 26.4 Å². The summed E-state index contributed by atoms with van der Waals surface area (Å²) in [6.45, 7) is 5.26. The predicted molar refractivity (Wildman–Crippen MR) is 102 cm³/mol. The van der Waals surface area contributed by atoms with Gasteiger partial charge in [-0.05, 0) is 51.1 Å². The third-order valence-corrected chi connectivity index (χ3v) is 3.52. The monoisotopic (exact) mass is 391 g/mol. The number of rotatable bonds is 4. The van der Waals surface area contributed by atoms with E-state index in [-0.39, 0.29) is 16.3 Å². The van der Waals surface area contributed by atoms with Gasteiger partial charge in [-0.15, -0.1) is 0 Å². The molecule has 0 spiro atoms. The zero-order valence-electron chi connectivity index (χ0n) is 14.9. The number of ether oxygens (including phenoxy) is 1. The average Bonchev–Trinajstić information content (AvgIpc) is 2.55. The Morgan fingerprint density at radius 3 is 2.11 bits per heavy atom. The summed E-state index contributed by atoms with van der Waals surface area (Å²) in [6, 6.07) is 9.91. The summed E-state index contributed by atoms with van der Waals surface area (Å²) in [6.07, 6.45) is -0.595. The van der Waals surface area contributed by atoms with E-state index in [2.05, 4.69) is 10.6 Å². The quantitative estimate of drug-likeness (QED) is 0.571. The number of nitrogens with zero attached hydrogens (tertiary/aromatic N) is 1. The molecule has 0 radical (unpaired) electrons. The van der Waals surface area contributed by atoms with Gasteiger partial charge in [0.05, 0.1) is 15.5 Å². The molecule has 8 nitrogen and oxygen atoms in total. The van der Waals surface area contributed by atoms with E-state index in [9.17, 15) is 19.7 Å². The Labute approximate surface area is 160 Å². The van der Waals surface area contributed by atoms with E-state index in [1.807, 2.05) is 0 Å². The lowest BCUT2D eigenvalue weighted by molar-refractivity contribution is -0.384. The van der Waals surface area contributed by atoms with Crippen molar-refractivity contribution in [3.8, 4) is 0 Å². The van der Waals surface area contributed by atoms with Crippen molar-refractivity contribution in [3.63, 3.8) is 0 Å². The number of benzene rings is 2. The predicted octanol–water partition coefficient (Wildman–Crippen LogP) is 4.85. The zero-order valence-corrected chi connectivity index (χ0v) is 15.7. The van der Waals surface area contributed by atoms with Crippen LogP contribution in [0.3, 0.4) is 0 Å². The third-order valence-electron chi connectivity index (χ3n) is 3.19. The first-order valence-corrected chi connectivity index (χ1v) is 8.28. The number of hydrogen-bond donors (Lipinski definition) is 2. The summed E-state index contributed by atoms with van der Waals surface area (Å²) in [5.74, 6) is -0.587. The molecule has 2 aromatic carbocycles. The van der Waals surface area contributed by atoms with Crippen LogP contribution in [0.25, 0.3) is 0 Å². The maximum atomic E-state index is 12.3. The number of anilines is 2. The Kier molecular flexibility index (Phi) is 6.02. The van der Waals surface area contributed by atoms with E-state index in [1.54, 1.807) is 45.0 Å². The molecule has 0 unspecified atom stereocenters. The molecule has 2 amide bonds. The van der Waals surface area contributed by atoms with Gasteiger partial charge in [0.25, 0.3) is 11.6 Å². The highest BCUT2D eigenvalue weighted by atomic mass is 35.5. The van der Waals surface area contributed by atoms with Crippen LogP contribution in [-0.2, 0) is 4.74 Å². The van der Waals surface area contributed by atoms with Crippen LogP contribution in [0.4, 0.5) is 21.9 Å². The van der Waals surface area contributed by atoms with E-state index < -0.39 is 22.5 Å². The minimum atomic E-state index is -0.616. The maximum Gasteiger partial charge on any atom is 0.412 e. The summed E-state index contributed by atoms with van der Waals surface area (Å²) in [7, 11) is 0. The van der Waals surface area contributed by atoms with E-state index >= 15 is 0 Å². The fraction of sp³-hybridized carbons (Fsp3) is 0.222. The van der Waals surface area contributed by atoms with Crippen molar-refractivity contribution < 1.29 is 19.2 Å². The molecular formula is C18H18ClN3O5. The minimum Gasteiger partial charge on any atom is -0.444 e. The molecule has 0 saturated carbocycles. The van der Waals surface area contributed by atoms with Crippen molar-refractivity contribution in [1.29, 1.82) is 0 Å². The Morgan fingerprint density at radius 2 is 1.59 bits per heavy atom. The van der Waals surface area contributed by atoms with Gasteiger partial charge in [0.15, 0.2) is 0 Å². The molecule has 0 atom stereocenters. The summed E-state index contributed by atoms with van der Waals surface area (Å²) < 4.78 is 5.15. The van der Waals surface area contributed by atoms with Crippen molar-refractivity contribution in [3.05, 3.63) is 63.2 Å². The van der Waals surface area contributed by atoms with Gasteiger partial charge in [0, 0.05) is 23.5 Å². The smallest absolute Gasteiger partial charge is 0.412 e. The standard InChI is InChI=1S/C18H18ClN3O5/c1-18(2,3)27-17(24)21-12-6-4-11(5-7-12)20-16(23)14-10-13(22(25)26)8-9-15(14)19/h4-10H,1-3H3,(H,20,23)(H,21,24). The lowest BCUT2D eigenvalue weighted by Crippen LogP contribution is -2.27. The Hall–Kier alpha value is -3.13. The molecule has 2 aromatic rings. The summed E-state index contributed by atoms with van der Waals surface area (Å²) in [4.78, 5) is 34.3. The second-order valence-electron chi connectivity index (χ2n) is 6.58. The van der Waals surface area contributed by atoms with Crippen molar-refractivity contribution in [1.82, 2.24) is 0 Å². The summed E-state index contributed by atoms with van der Waals surface area (Å²) in [5, 5.41) is 16.1. The molecule has 2 rings (SSSR count). The number of halogens is 1. The van der Waals surface area contributed by atoms with Crippen LogP contribution in [-0.4, -0.2) is 22.5 Å². The number of hydrogen-bond acceptors (Lipinski definition) is 5. The normalized spacial score (nSPS) is 10.8. The van der Waals surface area contributed by atoms with Gasteiger partial charge in [0.2, 0.25) is 0 Å². The molecule has 0 aliphatic heterocycles. The molecular weight excluding hydrogens is 374 g/mol. The number of carbonyl (C=O) groups excluding carboxylic acids is 2. The van der Waals surface area contributed by atoms with Crippen LogP contribution in [0.5, 0.6) is 0 Å². The van der Waals surface area contributed by atoms with Gasteiger partial charge < -0.3 is 10.1 Å². The molecule has 9 heteroatoms. The molecule has 27 heavy (non-hydrogen) atoms. The molecule has 142 valence electrons. The third kappa shape index (κ3) is 5.96. The molecule has 0 fully saturated rings. The van der Waals surface area contributed by atoms with E-state index in [0.29, 0.717) is 11.4 Å². The number of non-ortho nitro benzene ring substituents is 1. The molecule has 0 heterocycles. The number of amides is 2. The Bertz CT molecular complexity index is 876. The largest absolute Gasteiger partial charge is 0.444 e. The topological polar surface area (TPSA) is 111 Å². The van der Waals surface area contributed by atoms with Crippen LogP contribution in [0.1, 0.15) is 31.1 Å². The van der Waals surface area contributed by atoms with E-state index in [4.69, 9.17) is 16.3 Å². The number of carbonyl (C=O) groups is 2. The van der Waals surface area contributed by atoms with Gasteiger partial charge in [-0.2, -0.15) is 0 Å². The number of nitro benzene ring substituents is 1. The molecule has 0 bridgehead atoms. The number of nitrogens with one attached hydrogen (secondary N) is 2. The van der Waals surface area contributed by atoms with Gasteiger partial charge in [-0.25, -0.2) is 4.79 Å². The lowest BCUT2D eigenvalue weighted by Gasteiger charge is -2.19. The molecule has 0 aliphatic carbocycles. The van der Waals surface area contributed by atoms with Crippen LogP contribution in [0, 0.1) is 10.1 Å². The first-order valence-electron chi connectivity index (χ1n) is 7.90. The van der Waals surface area contributed by atoms with Gasteiger partial charge >= 0.3 is 6.09 Å². The highest BCUT2D eigenvalue weighted by Crippen LogP contribution is 2.23. The Balaban J connectivity index is 2.06. The zero-order chi connectivity index (χ0) is 20.2. The molecule has 0 saturated heterocycles. The van der Waals surface area contributed by atoms with E-state index in [0.717, 1.165) is 6.07 Å².